The second-order valence-electron chi connectivity index (χ2n) is 5.25. The zero-order valence-corrected chi connectivity index (χ0v) is 14.1. The Labute approximate surface area is 133 Å². The van der Waals surface area contributed by atoms with Crippen molar-refractivity contribution < 1.29 is 14.7 Å². The van der Waals surface area contributed by atoms with Gasteiger partial charge in [0.2, 0.25) is 5.91 Å². The Balaban J connectivity index is 2.63. The van der Waals surface area contributed by atoms with Crippen molar-refractivity contribution in [2.45, 2.75) is 39.2 Å². The number of rotatable bonds is 7. The number of halogens is 1. The van der Waals surface area contributed by atoms with Crippen LogP contribution in [0.25, 0.3) is 0 Å². The van der Waals surface area contributed by atoms with Crippen LogP contribution in [0.5, 0.6) is 0 Å². The highest BCUT2D eigenvalue weighted by molar-refractivity contribution is 9.10. The third kappa shape index (κ3) is 5.13. The molecule has 0 aliphatic heterocycles. The summed E-state index contributed by atoms with van der Waals surface area (Å²) >= 11 is 3.36. The minimum absolute atomic E-state index is 0.0433. The molecule has 0 bridgehead atoms. The average Bonchev–Trinajstić information content (AvgIpc) is 2.40. The van der Waals surface area contributed by atoms with Crippen LogP contribution in [0, 0.1) is 6.92 Å². The Bertz CT molecular complexity index is 534. The van der Waals surface area contributed by atoms with E-state index in [9.17, 15) is 14.7 Å². The lowest BCUT2D eigenvalue weighted by atomic mass is 9.96. The normalized spacial score (nSPS) is 13.5. The van der Waals surface area contributed by atoms with Gasteiger partial charge in [-0.2, -0.15) is 0 Å². The van der Waals surface area contributed by atoms with Crippen molar-refractivity contribution in [2.24, 2.45) is 0 Å². The van der Waals surface area contributed by atoms with Gasteiger partial charge in [0, 0.05) is 10.2 Å². The zero-order valence-electron chi connectivity index (χ0n) is 12.5. The molecule has 0 heterocycles. The van der Waals surface area contributed by atoms with Crippen LogP contribution in [0.15, 0.2) is 22.7 Å². The molecule has 1 amide bonds. The van der Waals surface area contributed by atoms with E-state index in [-0.39, 0.29) is 12.5 Å². The van der Waals surface area contributed by atoms with Gasteiger partial charge in [-0.15, -0.1) is 0 Å². The number of anilines is 1. The first-order valence-corrected chi connectivity index (χ1v) is 7.62. The highest BCUT2D eigenvalue weighted by atomic mass is 79.9. The highest BCUT2D eigenvalue weighted by Crippen LogP contribution is 2.20. The first kappa shape index (κ1) is 17.7. The summed E-state index contributed by atoms with van der Waals surface area (Å²) < 4.78 is 0.942. The molecular weight excluding hydrogens is 336 g/mol. The lowest BCUT2D eigenvalue weighted by molar-refractivity contribution is -0.144. The number of hydrogen-bond acceptors (Lipinski definition) is 3. The van der Waals surface area contributed by atoms with Crippen molar-refractivity contribution in [3.63, 3.8) is 0 Å². The van der Waals surface area contributed by atoms with Gasteiger partial charge < -0.3 is 10.4 Å². The molecular formula is C15H21BrN2O3. The topological polar surface area (TPSA) is 78.4 Å². The van der Waals surface area contributed by atoms with Crippen LogP contribution < -0.4 is 10.6 Å². The smallest absolute Gasteiger partial charge is 0.323 e. The van der Waals surface area contributed by atoms with Crippen LogP contribution in [-0.4, -0.2) is 29.1 Å². The van der Waals surface area contributed by atoms with Gasteiger partial charge >= 0.3 is 5.97 Å². The van der Waals surface area contributed by atoms with E-state index in [4.69, 9.17) is 0 Å². The summed E-state index contributed by atoms with van der Waals surface area (Å²) in [6, 6.07) is 5.55. The van der Waals surface area contributed by atoms with Crippen LogP contribution in [-0.2, 0) is 9.59 Å². The predicted octanol–water partition coefficient (Wildman–Crippen LogP) is 2.93. The van der Waals surface area contributed by atoms with Crippen molar-refractivity contribution in [1.82, 2.24) is 5.32 Å². The van der Waals surface area contributed by atoms with Crippen molar-refractivity contribution in [3.05, 3.63) is 28.2 Å². The van der Waals surface area contributed by atoms with Gasteiger partial charge in [-0.05, 0) is 44.0 Å². The van der Waals surface area contributed by atoms with Gasteiger partial charge in [-0.3, -0.25) is 14.9 Å². The maximum absolute atomic E-state index is 11.9. The number of aryl methyl sites for hydroxylation is 1. The Morgan fingerprint density at radius 1 is 1.38 bits per heavy atom. The van der Waals surface area contributed by atoms with Gasteiger partial charge in [-0.1, -0.05) is 29.3 Å². The molecule has 0 saturated carbocycles. The number of nitrogens with one attached hydrogen (secondary N) is 2. The fourth-order valence-corrected chi connectivity index (χ4v) is 2.48. The maximum atomic E-state index is 11.9. The van der Waals surface area contributed by atoms with Gasteiger partial charge in [-0.25, -0.2) is 0 Å². The first-order valence-electron chi connectivity index (χ1n) is 6.83. The van der Waals surface area contributed by atoms with E-state index in [1.165, 1.54) is 0 Å². The lowest BCUT2D eigenvalue weighted by Crippen LogP contribution is -2.51. The number of carboxylic acids is 1. The van der Waals surface area contributed by atoms with Gasteiger partial charge in [0.25, 0.3) is 0 Å². The van der Waals surface area contributed by atoms with Crippen molar-refractivity contribution in [2.75, 3.05) is 11.9 Å². The molecule has 6 heteroatoms. The third-order valence-electron chi connectivity index (χ3n) is 3.32. The minimum Gasteiger partial charge on any atom is -0.480 e. The van der Waals surface area contributed by atoms with Crippen molar-refractivity contribution >= 4 is 33.5 Å². The Morgan fingerprint density at radius 3 is 2.57 bits per heavy atom. The summed E-state index contributed by atoms with van der Waals surface area (Å²) in [6.45, 7) is 5.36. The first-order chi connectivity index (χ1) is 9.78. The van der Waals surface area contributed by atoms with Gasteiger partial charge in [0.15, 0.2) is 0 Å². The van der Waals surface area contributed by atoms with Crippen LogP contribution in [0.4, 0.5) is 5.69 Å². The molecule has 0 radical (unpaired) electrons. The van der Waals surface area contributed by atoms with Crippen LogP contribution in [0.1, 0.15) is 32.3 Å². The summed E-state index contributed by atoms with van der Waals surface area (Å²) in [4.78, 5) is 23.2. The number of carbonyl (C=O) groups is 2. The quantitative estimate of drug-likeness (QED) is 0.701. The zero-order chi connectivity index (χ0) is 16.0. The number of amides is 1. The minimum atomic E-state index is -1.08. The van der Waals surface area contributed by atoms with E-state index < -0.39 is 11.5 Å². The molecule has 3 N–H and O–H groups in total. The summed E-state index contributed by atoms with van der Waals surface area (Å²) in [6.07, 6.45) is 1.19. The standard InChI is InChI=1S/C15H21BrN2O3/c1-4-7-15(3,14(20)21)17-9-13(19)18-12-6-5-11(16)8-10(12)2/h5-6,8,17H,4,7,9H2,1-3H3,(H,18,19)(H,20,21). The Kier molecular flexibility index (Phi) is 6.36. The molecule has 0 aliphatic carbocycles. The molecule has 5 nitrogen and oxygen atoms in total. The molecule has 1 unspecified atom stereocenters. The highest BCUT2D eigenvalue weighted by Gasteiger charge is 2.31. The summed E-state index contributed by atoms with van der Waals surface area (Å²) in [5, 5.41) is 14.8. The van der Waals surface area contributed by atoms with E-state index >= 15 is 0 Å². The van der Waals surface area contributed by atoms with E-state index in [1.807, 2.05) is 26.0 Å². The molecule has 21 heavy (non-hydrogen) atoms. The van der Waals surface area contributed by atoms with Crippen LogP contribution in [0.2, 0.25) is 0 Å². The predicted molar refractivity (Wildman–Crippen MR) is 86.5 cm³/mol. The SMILES string of the molecule is CCCC(C)(NCC(=O)Nc1ccc(Br)cc1C)C(=O)O. The fraction of sp³-hybridized carbons (Fsp3) is 0.467. The number of benzene rings is 1. The molecule has 1 rings (SSSR count). The summed E-state index contributed by atoms with van der Waals surface area (Å²) in [5.74, 6) is -1.21. The van der Waals surface area contributed by atoms with E-state index in [0.717, 1.165) is 22.1 Å². The summed E-state index contributed by atoms with van der Waals surface area (Å²) in [7, 11) is 0. The molecule has 0 aromatic heterocycles. The van der Waals surface area contributed by atoms with E-state index in [0.29, 0.717) is 6.42 Å². The molecule has 0 saturated heterocycles. The molecule has 0 spiro atoms. The van der Waals surface area contributed by atoms with Crippen LogP contribution in [0.3, 0.4) is 0 Å². The largest absolute Gasteiger partial charge is 0.480 e. The molecule has 116 valence electrons. The Morgan fingerprint density at radius 2 is 2.05 bits per heavy atom. The number of carboxylic acid groups (broad SMARTS) is 1. The molecule has 1 aromatic carbocycles. The molecule has 0 aliphatic rings. The number of hydrogen-bond donors (Lipinski definition) is 3. The number of aliphatic carboxylic acids is 1. The average molecular weight is 357 g/mol. The van der Waals surface area contributed by atoms with Crippen LogP contribution >= 0.6 is 15.9 Å². The lowest BCUT2D eigenvalue weighted by Gasteiger charge is -2.25. The molecule has 0 fully saturated rings. The second kappa shape index (κ2) is 7.56. The van der Waals surface area contributed by atoms with Crippen molar-refractivity contribution in [3.8, 4) is 0 Å². The monoisotopic (exact) mass is 356 g/mol. The molecule has 1 atom stereocenters. The van der Waals surface area contributed by atoms with Gasteiger partial charge in [0.1, 0.15) is 5.54 Å². The summed E-state index contributed by atoms with van der Waals surface area (Å²) in [5.41, 5.74) is 0.575. The van der Waals surface area contributed by atoms with E-state index in [2.05, 4.69) is 26.6 Å². The van der Waals surface area contributed by atoms with E-state index in [1.54, 1.807) is 13.0 Å². The molecule has 1 aromatic rings. The Hall–Kier alpha value is -1.40. The maximum Gasteiger partial charge on any atom is 0.323 e. The van der Waals surface area contributed by atoms with Crippen molar-refractivity contribution in [1.29, 1.82) is 0 Å². The second-order valence-corrected chi connectivity index (χ2v) is 6.16. The van der Waals surface area contributed by atoms with Gasteiger partial charge in [0.05, 0.1) is 6.54 Å². The third-order valence-corrected chi connectivity index (χ3v) is 3.82. The number of carbonyl (C=O) groups excluding carboxylic acids is 1. The fourth-order valence-electron chi connectivity index (χ4n) is 2.01.